The van der Waals surface area contributed by atoms with Gasteiger partial charge in [-0.15, -0.1) is 0 Å². The number of rotatable bonds is 3. The van der Waals surface area contributed by atoms with Crippen molar-refractivity contribution in [2.45, 2.75) is 0 Å². The van der Waals surface area contributed by atoms with Gasteiger partial charge in [0.15, 0.2) is 11.5 Å². The van der Waals surface area contributed by atoms with E-state index >= 15 is 0 Å². The summed E-state index contributed by atoms with van der Waals surface area (Å²) in [5, 5.41) is 22.2. The molecule has 0 radical (unpaired) electrons. The summed E-state index contributed by atoms with van der Waals surface area (Å²) in [6, 6.07) is 7.48. The number of hydrazone groups is 1. The van der Waals surface area contributed by atoms with Crippen LogP contribution in [0.4, 0.5) is 0 Å². The number of carbonyl (C=O) groups excluding carboxylic acids is 1. The van der Waals surface area contributed by atoms with Crippen molar-refractivity contribution in [2.75, 3.05) is 0 Å². The summed E-state index contributed by atoms with van der Waals surface area (Å²) in [7, 11) is 0. The highest BCUT2D eigenvalue weighted by Crippen LogP contribution is 2.23. The maximum absolute atomic E-state index is 11.6. The Morgan fingerprint density at radius 2 is 2.11 bits per heavy atom. The average Bonchev–Trinajstić information content (AvgIpc) is 2.43. The maximum atomic E-state index is 11.6. The third-order valence-electron chi connectivity index (χ3n) is 2.30. The van der Waals surface area contributed by atoms with Crippen LogP contribution in [-0.4, -0.2) is 27.3 Å². The van der Waals surface area contributed by atoms with Gasteiger partial charge in [-0.25, -0.2) is 5.43 Å². The Bertz CT molecular complexity index is 612. The molecule has 2 aromatic rings. The van der Waals surface area contributed by atoms with Crippen molar-refractivity contribution in [1.29, 1.82) is 0 Å². The number of hydrogen-bond acceptors (Lipinski definition) is 5. The van der Waals surface area contributed by atoms with Crippen molar-refractivity contribution < 1.29 is 15.0 Å². The molecule has 6 heteroatoms. The number of aromatic hydroxyl groups is 2. The van der Waals surface area contributed by atoms with Crippen LogP contribution in [-0.2, 0) is 0 Å². The third kappa shape index (κ3) is 3.29. The highest BCUT2D eigenvalue weighted by Gasteiger charge is 2.02. The number of nitrogens with one attached hydrogen (secondary N) is 1. The molecule has 2 rings (SSSR count). The van der Waals surface area contributed by atoms with Crippen LogP contribution in [0.5, 0.6) is 11.5 Å². The molecule has 0 atom stereocenters. The topological polar surface area (TPSA) is 94.8 Å². The number of nitrogens with zero attached hydrogens (tertiary/aromatic N) is 2. The van der Waals surface area contributed by atoms with Crippen LogP contribution in [0.2, 0.25) is 0 Å². The fourth-order valence-corrected chi connectivity index (χ4v) is 1.35. The number of carbonyl (C=O) groups is 1. The Balaban J connectivity index is 2.00. The van der Waals surface area contributed by atoms with Gasteiger partial charge in [-0.05, 0) is 35.9 Å². The van der Waals surface area contributed by atoms with Crippen LogP contribution >= 0.6 is 0 Å². The molecule has 1 heterocycles. The van der Waals surface area contributed by atoms with Gasteiger partial charge in [-0.3, -0.25) is 9.78 Å². The van der Waals surface area contributed by atoms with Crippen LogP contribution in [0.1, 0.15) is 15.9 Å². The molecule has 0 saturated heterocycles. The Morgan fingerprint density at radius 3 is 2.79 bits per heavy atom. The Hall–Kier alpha value is -2.89. The molecule has 0 aliphatic rings. The second-order valence-electron chi connectivity index (χ2n) is 3.69. The third-order valence-corrected chi connectivity index (χ3v) is 2.30. The minimum Gasteiger partial charge on any atom is -0.504 e. The van der Waals surface area contributed by atoms with Crippen LogP contribution in [0.3, 0.4) is 0 Å². The Kier molecular flexibility index (Phi) is 3.72. The summed E-state index contributed by atoms with van der Waals surface area (Å²) in [6.45, 7) is 0. The smallest absolute Gasteiger partial charge is 0.272 e. The van der Waals surface area contributed by atoms with Gasteiger partial charge in [0, 0.05) is 12.4 Å². The van der Waals surface area contributed by atoms with Gasteiger partial charge in [0.05, 0.1) is 11.8 Å². The Labute approximate surface area is 109 Å². The molecular formula is C13H11N3O3. The van der Waals surface area contributed by atoms with Gasteiger partial charge in [0.1, 0.15) is 0 Å². The van der Waals surface area contributed by atoms with Crippen molar-refractivity contribution in [3.63, 3.8) is 0 Å². The van der Waals surface area contributed by atoms with E-state index in [-0.39, 0.29) is 17.4 Å². The van der Waals surface area contributed by atoms with Crippen LogP contribution in [0.15, 0.2) is 47.8 Å². The van der Waals surface area contributed by atoms with E-state index in [0.717, 1.165) is 0 Å². The first-order chi connectivity index (χ1) is 9.16. The zero-order chi connectivity index (χ0) is 13.7. The van der Waals surface area contributed by atoms with Crippen molar-refractivity contribution in [1.82, 2.24) is 10.4 Å². The van der Waals surface area contributed by atoms with E-state index in [4.69, 9.17) is 5.11 Å². The molecule has 0 unspecified atom stereocenters. The molecule has 3 N–H and O–H groups in total. The van der Waals surface area contributed by atoms with E-state index < -0.39 is 0 Å². The highest BCUT2D eigenvalue weighted by atomic mass is 16.3. The van der Waals surface area contributed by atoms with Gasteiger partial charge < -0.3 is 10.2 Å². The lowest BCUT2D eigenvalue weighted by atomic mass is 10.2. The number of pyridine rings is 1. The minimum atomic E-state index is -0.382. The second kappa shape index (κ2) is 5.63. The normalized spacial score (nSPS) is 10.5. The van der Waals surface area contributed by atoms with E-state index in [2.05, 4.69) is 15.5 Å². The van der Waals surface area contributed by atoms with Crippen molar-refractivity contribution in [3.8, 4) is 11.5 Å². The molecule has 0 fully saturated rings. The first-order valence-electron chi connectivity index (χ1n) is 5.42. The van der Waals surface area contributed by atoms with Gasteiger partial charge in [0.25, 0.3) is 5.91 Å². The van der Waals surface area contributed by atoms with Gasteiger partial charge in [-0.1, -0.05) is 0 Å². The summed E-state index contributed by atoms with van der Waals surface area (Å²) in [6.07, 6.45) is 4.35. The zero-order valence-electron chi connectivity index (χ0n) is 9.82. The lowest BCUT2D eigenvalue weighted by Crippen LogP contribution is -2.17. The predicted octanol–water partition coefficient (Wildman–Crippen LogP) is 1.26. The predicted molar refractivity (Wildman–Crippen MR) is 69.1 cm³/mol. The number of hydrogen-bond donors (Lipinski definition) is 3. The monoisotopic (exact) mass is 257 g/mol. The number of amides is 1. The first-order valence-corrected chi connectivity index (χ1v) is 5.42. The number of aromatic nitrogens is 1. The molecule has 0 saturated carbocycles. The molecule has 1 aromatic carbocycles. The van der Waals surface area contributed by atoms with E-state index in [1.54, 1.807) is 24.4 Å². The minimum absolute atomic E-state index is 0.212. The SMILES string of the molecule is O=C(NN=Cc1ccc(O)c(O)c1)c1cccnc1. The summed E-state index contributed by atoms with van der Waals surface area (Å²) in [5.74, 6) is -0.841. The largest absolute Gasteiger partial charge is 0.504 e. The molecule has 1 aromatic heterocycles. The molecule has 19 heavy (non-hydrogen) atoms. The lowest BCUT2D eigenvalue weighted by molar-refractivity contribution is 0.0955. The van der Waals surface area contributed by atoms with Crippen molar-refractivity contribution in [3.05, 3.63) is 53.9 Å². The molecule has 0 spiro atoms. The zero-order valence-corrected chi connectivity index (χ0v) is 9.82. The maximum Gasteiger partial charge on any atom is 0.272 e. The summed E-state index contributed by atoms with van der Waals surface area (Å²) >= 11 is 0. The molecule has 96 valence electrons. The van der Waals surface area contributed by atoms with E-state index in [0.29, 0.717) is 11.1 Å². The van der Waals surface area contributed by atoms with Gasteiger partial charge >= 0.3 is 0 Å². The quantitative estimate of drug-likeness (QED) is 0.438. The molecule has 6 nitrogen and oxygen atoms in total. The van der Waals surface area contributed by atoms with Gasteiger partial charge in [-0.2, -0.15) is 5.10 Å². The lowest BCUT2D eigenvalue weighted by Gasteiger charge is -1.99. The van der Waals surface area contributed by atoms with Gasteiger partial charge in [0.2, 0.25) is 0 Å². The number of phenols is 2. The number of phenolic OH excluding ortho intramolecular Hbond substituents is 2. The van der Waals surface area contributed by atoms with E-state index in [1.165, 1.54) is 24.5 Å². The standard InChI is InChI=1S/C13H11N3O3/c17-11-4-3-9(6-12(11)18)7-15-16-13(19)10-2-1-5-14-8-10/h1-8,17-18H,(H,16,19). The second-order valence-corrected chi connectivity index (χ2v) is 3.69. The average molecular weight is 257 g/mol. The summed E-state index contributed by atoms with van der Waals surface area (Å²) in [4.78, 5) is 15.4. The van der Waals surface area contributed by atoms with E-state index in [9.17, 15) is 9.90 Å². The van der Waals surface area contributed by atoms with Crippen molar-refractivity contribution >= 4 is 12.1 Å². The fourth-order valence-electron chi connectivity index (χ4n) is 1.35. The summed E-state index contributed by atoms with van der Waals surface area (Å²) < 4.78 is 0. The van der Waals surface area contributed by atoms with E-state index in [1.807, 2.05) is 0 Å². The molecule has 0 bridgehead atoms. The molecule has 0 aliphatic heterocycles. The highest BCUT2D eigenvalue weighted by molar-refractivity contribution is 5.94. The number of benzene rings is 1. The summed E-state index contributed by atoms with van der Waals surface area (Å²) in [5.41, 5.74) is 3.27. The fraction of sp³-hybridized carbons (Fsp3) is 0. The molecule has 0 aliphatic carbocycles. The van der Waals surface area contributed by atoms with Crippen LogP contribution in [0.25, 0.3) is 0 Å². The van der Waals surface area contributed by atoms with Crippen LogP contribution in [0, 0.1) is 0 Å². The molecule has 1 amide bonds. The Morgan fingerprint density at radius 1 is 1.26 bits per heavy atom. The first kappa shape index (κ1) is 12.6. The van der Waals surface area contributed by atoms with Crippen molar-refractivity contribution in [2.24, 2.45) is 5.10 Å². The van der Waals surface area contributed by atoms with Crippen LogP contribution < -0.4 is 5.43 Å². The molecular weight excluding hydrogens is 246 g/mol.